The predicted octanol–water partition coefficient (Wildman–Crippen LogP) is 1.59. The van der Waals surface area contributed by atoms with Gasteiger partial charge in [-0.25, -0.2) is 4.79 Å². The number of aromatic amines is 1. The lowest BCUT2D eigenvalue weighted by atomic mass is 10.0. The Morgan fingerprint density at radius 2 is 1.82 bits per heavy atom. The number of nitrogens with two attached hydrogens (primary N) is 1. The zero-order valence-corrected chi connectivity index (χ0v) is 23.4. The molecule has 0 radical (unpaired) electrons. The van der Waals surface area contributed by atoms with E-state index in [1.807, 2.05) is 36.8 Å². The van der Waals surface area contributed by atoms with Gasteiger partial charge in [0.2, 0.25) is 17.7 Å². The van der Waals surface area contributed by atoms with Gasteiger partial charge in [0, 0.05) is 30.1 Å². The number of aliphatic carboxylic acids is 1. The first-order valence-electron chi connectivity index (χ1n) is 12.7. The van der Waals surface area contributed by atoms with Gasteiger partial charge in [-0.2, -0.15) is 23.5 Å². The van der Waals surface area contributed by atoms with E-state index in [0.29, 0.717) is 38.0 Å². The van der Waals surface area contributed by atoms with E-state index in [2.05, 4.69) is 15.6 Å². The lowest BCUT2D eigenvalue weighted by Gasteiger charge is -2.28. The number of nitrogens with one attached hydrogen (secondary N) is 3. The molecular weight excluding hydrogens is 526 g/mol. The van der Waals surface area contributed by atoms with Gasteiger partial charge < -0.3 is 31.4 Å². The molecule has 0 spiro atoms. The number of carboxylic acids is 1. The lowest BCUT2D eigenvalue weighted by molar-refractivity contribution is -0.143. The van der Waals surface area contributed by atoms with Crippen LogP contribution in [0.1, 0.15) is 31.2 Å². The van der Waals surface area contributed by atoms with Gasteiger partial charge in [-0.3, -0.25) is 14.4 Å². The quantitative estimate of drug-likeness (QED) is 0.232. The Labute approximate surface area is 231 Å². The fourth-order valence-corrected chi connectivity index (χ4v) is 5.61. The summed E-state index contributed by atoms with van der Waals surface area (Å²) in [7, 11) is 0. The number of fused-ring (bicyclic) bond motifs is 1. The minimum Gasteiger partial charge on any atom is -0.480 e. The summed E-state index contributed by atoms with van der Waals surface area (Å²) in [5, 5.41) is 16.1. The van der Waals surface area contributed by atoms with Crippen LogP contribution in [0, 0.1) is 0 Å². The van der Waals surface area contributed by atoms with Crippen molar-refractivity contribution in [1.29, 1.82) is 0 Å². The summed E-state index contributed by atoms with van der Waals surface area (Å²) in [6, 6.07) is 4.07. The van der Waals surface area contributed by atoms with Gasteiger partial charge >= 0.3 is 5.97 Å². The fourth-order valence-electron chi connectivity index (χ4n) is 4.65. The average molecular weight is 564 g/mol. The Balaban J connectivity index is 1.68. The van der Waals surface area contributed by atoms with Gasteiger partial charge in [-0.1, -0.05) is 18.2 Å². The molecule has 0 bridgehead atoms. The number of H-pyrrole nitrogens is 1. The Hall–Kier alpha value is -2.70. The van der Waals surface area contributed by atoms with E-state index in [1.165, 1.54) is 16.7 Å². The predicted molar refractivity (Wildman–Crippen MR) is 152 cm³/mol. The third kappa shape index (κ3) is 7.67. The molecular formula is C26H37N5O5S2. The zero-order chi connectivity index (χ0) is 27.7. The highest BCUT2D eigenvalue weighted by atomic mass is 32.2. The van der Waals surface area contributed by atoms with Crippen molar-refractivity contribution >= 4 is 58.1 Å². The molecule has 4 atom stereocenters. The molecule has 1 aliphatic heterocycles. The molecule has 12 heteroatoms. The number of carboxylic acid groups (broad SMARTS) is 1. The Kier molecular flexibility index (Phi) is 11.4. The van der Waals surface area contributed by atoms with Crippen molar-refractivity contribution in [2.24, 2.45) is 5.73 Å². The highest BCUT2D eigenvalue weighted by molar-refractivity contribution is 7.98. The molecule has 1 aromatic heterocycles. The monoisotopic (exact) mass is 563 g/mol. The maximum Gasteiger partial charge on any atom is 0.326 e. The van der Waals surface area contributed by atoms with Crippen LogP contribution in [0.25, 0.3) is 10.9 Å². The van der Waals surface area contributed by atoms with Crippen molar-refractivity contribution in [3.8, 4) is 0 Å². The fraction of sp³-hybridized carbons (Fsp3) is 0.538. The van der Waals surface area contributed by atoms with Gasteiger partial charge in [0.15, 0.2) is 0 Å². The number of hydrogen-bond donors (Lipinski definition) is 5. The van der Waals surface area contributed by atoms with Gasteiger partial charge in [0.1, 0.15) is 18.1 Å². The molecule has 4 unspecified atom stereocenters. The molecule has 0 saturated carbocycles. The van der Waals surface area contributed by atoms with Crippen LogP contribution in [0.5, 0.6) is 0 Å². The first-order valence-corrected chi connectivity index (χ1v) is 15.5. The second kappa shape index (κ2) is 14.5. The standard InChI is InChI=1S/C26H37N5O5S2/c1-37-12-9-18(27)25(34)31-11-5-8-22(31)24(33)29-20(10-13-38-2)23(32)30-21(26(35)36)14-16-15-28-19-7-4-3-6-17(16)19/h3-4,6-7,15,18,20-22,28H,5,8-14,27H2,1-2H3,(H,29,33)(H,30,32)(H,35,36). The van der Waals surface area contributed by atoms with Gasteiger partial charge in [-0.15, -0.1) is 0 Å². The van der Waals surface area contributed by atoms with E-state index < -0.39 is 42.0 Å². The highest BCUT2D eigenvalue weighted by Gasteiger charge is 2.37. The summed E-state index contributed by atoms with van der Waals surface area (Å²) in [6.45, 7) is 0.442. The number of likely N-dealkylation sites (tertiary alicyclic amines) is 1. The van der Waals surface area contributed by atoms with Crippen LogP contribution >= 0.6 is 23.5 Å². The number of benzene rings is 1. The molecule has 1 aliphatic rings. The van der Waals surface area contributed by atoms with Gasteiger partial charge in [0.25, 0.3) is 0 Å². The summed E-state index contributed by atoms with van der Waals surface area (Å²) < 4.78 is 0. The van der Waals surface area contributed by atoms with Crippen LogP contribution in [-0.2, 0) is 25.6 Å². The number of nitrogens with zero attached hydrogens (tertiary/aromatic N) is 1. The third-order valence-electron chi connectivity index (χ3n) is 6.75. The minimum absolute atomic E-state index is 0.0904. The van der Waals surface area contributed by atoms with E-state index in [4.69, 9.17) is 5.73 Å². The molecule has 1 aromatic carbocycles. The number of carbonyl (C=O) groups is 4. The topological polar surface area (TPSA) is 158 Å². The first kappa shape index (κ1) is 29.9. The number of hydrogen-bond acceptors (Lipinski definition) is 7. The second-order valence-corrected chi connectivity index (χ2v) is 11.4. The van der Waals surface area contributed by atoms with Crippen LogP contribution in [0.3, 0.4) is 0 Å². The summed E-state index contributed by atoms with van der Waals surface area (Å²) in [4.78, 5) is 56.0. The van der Waals surface area contributed by atoms with Crippen LogP contribution in [-0.4, -0.2) is 93.4 Å². The van der Waals surface area contributed by atoms with Gasteiger partial charge in [-0.05, 0) is 61.3 Å². The molecule has 6 N–H and O–H groups in total. The van der Waals surface area contributed by atoms with Crippen molar-refractivity contribution < 1.29 is 24.3 Å². The van der Waals surface area contributed by atoms with Crippen molar-refractivity contribution in [2.45, 2.75) is 56.3 Å². The first-order chi connectivity index (χ1) is 18.3. The SMILES string of the molecule is CSCCC(N)C(=O)N1CCCC1C(=O)NC(CCSC)C(=O)NC(Cc1c[nH]c2ccccc12)C(=O)O. The second-order valence-electron chi connectivity index (χ2n) is 9.38. The molecule has 208 valence electrons. The van der Waals surface area contributed by atoms with Crippen LogP contribution in [0.2, 0.25) is 0 Å². The van der Waals surface area contributed by atoms with Gasteiger partial charge in [0.05, 0.1) is 6.04 Å². The number of aromatic nitrogens is 1. The van der Waals surface area contributed by atoms with Crippen molar-refractivity contribution in [2.75, 3.05) is 30.6 Å². The van der Waals surface area contributed by atoms with Crippen LogP contribution in [0.15, 0.2) is 30.5 Å². The molecule has 10 nitrogen and oxygen atoms in total. The van der Waals surface area contributed by atoms with E-state index in [9.17, 15) is 24.3 Å². The average Bonchev–Trinajstić information content (AvgIpc) is 3.56. The third-order valence-corrected chi connectivity index (χ3v) is 8.03. The molecule has 3 amide bonds. The Bertz CT molecular complexity index is 1130. The molecule has 3 rings (SSSR count). The Morgan fingerprint density at radius 1 is 1.11 bits per heavy atom. The Morgan fingerprint density at radius 3 is 2.53 bits per heavy atom. The maximum atomic E-state index is 13.2. The van der Waals surface area contributed by atoms with Crippen molar-refractivity contribution in [3.63, 3.8) is 0 Å². The van der Waals surface area contributed by atoms with Crippen molar-refractivity contribution in [1.82, 2.24) is 20.5 Å². The largest absolute Gasteiger partial charge is 0.480 e. The summed E-state index contributed by atoms with van der Waals surface area (Å²) in [5.74, 6) is -1.06. The summed E-state index contributed by atoms with van der Waals surface area (Å²) in [6.07, 6.45) is 7.68. The number of para-hydroxylation sites is 1. The van der Waals surface area contributed by atoms with E-state index in [1.54, 1.807) is 18.0 Å². The summed E-state index contributed by atoms with van der Waals surface area (Å²) in [5.41, 5.74) is 7.73. The molecule has 1 saturated heterocycles. The maximum absolute atomic E-state index is 13.2. The van der Waals surface area contributed by atoms with Crippen molar-refractivity contribution in [3.05, 3.63) is 36.0 Å². The molecule has 2 aromatic rings. The number of rotatable bonds is 14. The van der Waals surface area contributed by atoms with Crippen LogP contribution < -0.4 is 16.4 Å². The lowest BCUT2D eigenvalue weighted by Crippen LogP contribution is -2.57. The zero-order valence-electron chi connectivity index (χ0n) is 21.8. The number of thioether (sulfide) groups is 2. The van der Waals surface area contributed by atoms with E-state index in [0.717, 1.165) is 22.2 Å². The normalized spacial score (nSPS) is 17.7. The summed E-state index contributed by atoms with van der Waals surface area (Å²) >= 11 is 3.12. The number of amides is 3. The molecule has 2 heterocycles. The highest BCUT2D eigenvalue weighted by Crippen LogP contribution is 2.21. The van der Waals surface area contributed by atoms with E-state index in [-0.39, 0.29) is 12.3 Å². The molecule has 1 fully saturated rings. The number of carbonyl (C=O) groups excluding carboxylic acids is 3. The smallest absolute Gasteiger partial charge is 0.326 e. The van der Waals surface area contributed by atoms with E-state index >= 15 is 0 Å². The molecule has 0 aliphatic carbocycles. The minimum atomic E-state index is -1.17. The van der Waals surface area contributed by atoms with Crippen LogP contribution in [0.4, 0.5) is 0 Å². The molecule has 38 heavy (non-hydrogen) atoms.